The second-order valence-corrected chi connectivity index (χ2v) is 4.16. The van der Waals surface area contributed by atoms with E-state index in [1.54, 1.807) is 18.5 Å². The number of aromatic amines is 1. The summed E-state index contributed by atoms with van der Waals surface area (Å²) in [6.45, 7) is 0.319. The molecule has 0 aliphatic carbocycles. The fourth-order valence-corrected chi connectivity index (χ4v) is 1.77. The third-order valence-corrected chi connectivity index (χ3v) is 2.77. The first kappa shape index (κ1) is 12.2. The number of hydrogen-bond acceptors (Lipinski definition) is 4. The lowest BCUT2D eigenvalue weighted by molar-refractivity contribution is 0.0941. The van der Waals surface area contributed by atoms with Crippen molar-refractivity contribution in [1.29, 1.82) is 0 Å². The van der Waals surface area contributed by atoms with Crippen molar-refractivity contribution in [3.8, 4) is 11.3 Å². The summed E-state index contributed by atoms with van der Waals surface area (Å²) in [5, 5.41) is 6.49. The molecule has 20 heavy (non-hydrogen) atoms. The van der Waals surface area contributed by atoms with Crippen molar-refractivity contribution in [3.63, 3.8) is 0 Å². The van der Waals surface area contributed by atoms with E-state index in [0.717, 1.165) is 5.56 Å². The van der Waals surface area contributed by atoms with Crippen LogP contribution in [0.2, 0.25) is 0 Å². The van der Waals surface area contributed by atoms with Gasteiger partial charge in [-0.05, 0) is 0 Å². The van der Waals surface area contributed by atoms with Crippen molar-refractivity contribution in [2.45, 2.75) is 6.54 Å². The standard InChI is InChI=1S/C14H12N4O2/c19-14(17-9-13-15-6-7-16-13)11-8-12(20-18-11)10-4-2-1-3-5-10/h1-8H,9H2,(H,15,16)(H,17,19). The summed E-state index contributed by atoms with van der Waals surface area (Å²) in [4.78, 5) is 18.8. The molecule has 3 aromatic rings. The van der Waals surface area contributed by atoms with Crippen molar-refractivity contribution in [2.24, 2.45) is 0 Å². The van der Waals surface area contributed by atoms with E-state index in [1.807, 2.05) is 30.3 Å². The van der Waals surface area contributed by atoms with Crippen molar-refractivity contribution in [1.82, 2.24) is 20.4 Å². The second kappa shape index (κ2) is 5.40. The van der Waals surface area contributed by atoms with Crippen LogP contribution in [0.25, 0.3) is 11.3 Å². The van der Waals surface area contributed by atoms with Gasteiger partial charge in [0.05, 0.1) is 6.54 Å². The maximum absolute atomic E-state index is 11.9. The van der Waals surface area contributed by atoms with Crippen LogP contribution in [0.1, 0.15) is 16.3 Å². The Balaban J connectivity index is 1.69. The van der Waals surface area contributed by atoms with Crippen LogP contribution in [0.4, 0.5) is 0 Å². The zero-order chi connectivity index (χ0) is 13.8. The van der Waals surface area contributed by atoms with E-state index in [9.17, 15) is 4.79 Å². The molecule has 6 nitrogen and oxygen atoms in total. The van der Waals surface area contributed by atoms with Crippen LogP contribution in [0.3, 0.4) is 0 Å². The van der Waals surface area contributed by atoms with Crippen molar-refractivity contribution >= 4 is 5.91 Å². The quantitative estimate of drug-likeness (QED) is 0.758. The fraction of sp³-hybridized carbons (Fsp3) is 0.0714. The molecule has 2 N–H and O–H groups in total. The predicted molar refractivity (Wildman–Crippen MR) is 71.7 cm³/mol. The topological polar surface area (TPSA) is 83.8 Å². The molecule has 2 heterocycles. The van der Waals surface area contributed by atoms with Gasteiger partial charge in [0, 0.05) is 24.0 Å². The van der Waals surface area contributed by atoms with Crippen molar-refractivity contribution in [2.75, 3.05) is 0 Å². The first-order valence-electron chi connectivity index (χ1n) is 6.11. The molecule has 0 aliphatic heterocycles. The van der Waals surface area contributed by atoms with Gasteiger partial charge >= 0.3 is 0 Å². The lowest BCUT2D eigenvalue weighted by Gasteiger charge is -1.98. The maximum atomic E-state index is 11.9. The Morgan fingerprint density at radius 3 is 2.90 bits per heavy atom. The predicted octanol–water partition coefficient (Wildman–Crippen LogP) is 1.99. The molecule has 0 bridgehead atoms. The number of carbonyl (C=O) groups is 1. The van der Waals surface area contributed by atoms with E-state index in [0.29, 0.717) is 18.1 Å². The highest BCUT2D eigenvalue weighted by atomic mass is 16.5. The second-order valence-electron chi connectivity index (χ2n) is 4.16. The molecular weight excluding hydrogens is 256 g/mol. The van der Waals surface area contributed by atoms with Crippen LogP contribution in [-0.2, 0) is 6.54 Å². The molecule has 0 unspecified atom stereocenters. The molecule has 1 aromatic carbocycles. The average molecular weight is 268 g/mol. The molecule has 0 saturated carbocycles. The molecule has 3 rings (SSSR count). The number of H-pyrrole nitrogens is 1. The summed E-state index contributed by atoms with van der Waals surface area (Å²) in [5.41, 5.74) is 1.13. The van der Waals surface area contributed by atoms with Gasteiger partial charge in [-0.1, -0.05) is 35.5 Å². The van der Waals surface area contributed by atoms with Gasteiger partial charge in [0.2, 0.25) is 0 Å². The van der Waals surface area contributed by atoms with Crippen LogP contribution in [0, 0.1) is 0 Å². The summed E-state index contributed by atoms with van der Waals surface area (Å²) in [6, 6.07) is 11.1. The first-order valence-corrected chi connectivity index (χ1v) is 6.11. The van der Waals surface area contributed by atoms with E-state index < -0.39 is 0 Å². The van der Waals surface area contributed by atoms with Gasteiger partial charge in [-0.2, -0.15) is 0 Å². The summed E-state index contributed by atoms with van der Waals surface area (Å²) in [7, 11) is 0. The molecule has 0 spiro atoms. The van der Waals surface area contributed by atoms with Crippen LogP contribution in [-0.4, -0.2) is 21.0 Å². The van der Waals surface area contributed by atoms with Gasteiger partial charge in [-0.25, -0.2) is 4.98 Å². The Morgan fingerprint density at radius 2 is 2.15 bits per heavy atom. The number of nitrogens with one attached hydrogen (secondary N) is 2. The number of imidazole rings is 1. The minimum absolute atomic E-state index is 0.246. The van der Waals surface area contributed by atoms with E-state index in [4.69, 9.17) is 4.52 Å². The van der Waals surface area contributed by atoms with Gasteiger partial charge in [-0.3, -0.25) is 4.79 Å². The molecule has 2 aromatic heterocycles. The molecular formula is C14H12N4O2. The highest BCUT2D eigenvalue weighted by Crippen LogP contribution is 2.19. The number of rotatable bonds is 4. The van der Waals surface area contributed by atoms with Crippen molar-refractivity contribution in [3.05, 3.63) is 60.3 Å². The smallest absolute Gasteiger partial charge is 0.273 e. The minimum Gasteiger partial charge on any atom is -0.355 e. The monoisotopic (exact) mass is 268 g/mol. The van der Waals surface area contributed by atoms with E-state index >= 15 is 0 Å². The molecule has 0 radical (unpaired) electrons. The summed E-state index contributed by atoms with van der Waals surface area (Å²) < 4.78 is 5.17. The van der Waals surface area contributed by atoms with E-state index in [1.165, 1.54) is 0 Å². The summed E-state index contributed by atoms with van der Waals surface area (Å²) in [5.74, 6) is 0.950. The summed E-state index contributed by atoms with van der Waals surface area (Å²) >= 11 is 0. The number of hydrogen-bond donors (Lipinski definition) is 2. The van der Waals surface area contributed by atoms with Gasteiger partial charge in [0.15, 0.2) is 11.5 Å². The fourth-order valence-electron chi connectivity index (χ4n) is 1.77. The SMILES string of the molecule is O=C(NCc1ncc[nH]1)c1cc(-c2ccccc2)on1. The molecule has 1 amide bonds. The Kier molecular flexibility index (Phi) is 3.28. The van der Waals surface area contributed by atoms with E-state index in [-0.39, 0.29) is 11.6 Å². The lowest BCUT2D eigenvalue weighted by atomic mass is 10.1. The van der Waals surface area contributed by atoms with Gasteiger partial charge < -0.3 is 14.8 Å². The van der Waals surface area contributed by atoms with E-state index in [2.05, 4.69) is 20.4 Å². The Morgan fingerprint density at radius 1 is 1.30 bits per heavy atom. The van der Waals surface area contributed by atoms with Gasteiger partial charge in [0.1, 0.15) is 5.82 Å². The zero-order valence-corrected chi connectivity index (χ0v) is 10.5. The van der Waals surface area contributed by atoms with Gasteiger partial charge in [0.25, 0.3) is 5.91 Å². The Hall–Kier alpha value is -2.89. The van der Waals surface area contributed by atoms with Crippen LogP contribution in [0.5, 0.6) is 0 Å². The van der Waals surface area contributed by atoms with Crippen LogP contribution >= 0.6 is 0 Å². The van der Waals surface area contributed by atoms with Crippen LogP contribution < -0.4 is 5.32 Å². The van der Waals surface area contributed by atoms with Crippen LogP contribution in [0.15, 0.2) is 53.3 Å². The Labute approximate surface area is 114 Å². The largest absolute Gasteiger partial charge is 0.355 e. The number of amides is 1. The third-order valence-electron chi connectivity index (χ3n) is 2.77. The normalized spacial score (nSPS) is 10.4. The highest BCUT2D eigenvalue weighted by Gasteiger charge is 2.13. The maximum Gasteiger partial charge on any atom is 0.273 e. The molecule has 0 atom stereocenters. The molecule has 0 fully saturated rings. The molecule has 100 valence electrons. The lowest BCUT2D eigenvalue weighted by Crippen LogP contribution is -2.23. The third kappa shape index (κ3) is 2.59. The number of carbonyl (C=O) groups excluding carboxylic acids is 1. The highest BCUT2D eigenvalue weighted by molar-refractivity contribution is 5.92. The Bertz CT molecular complexity index is 689. The number of benzene rings is 1. The zero-order valence-electron chi connectivity index (χ0n) is 10.5. The van der Waals surface area contributed by atoms with Crippen molar-refractivity contribution < 1.29 is 9.32 Å². The molecule has 0 aliphatic rings. The average Bonchev–Trinajstić information content (AvgIpc) is 3.17. The molecule has 0 saturated heterocycles. The first-order chi connectivity index (χ1) is 9.83. The van der Waals surface area contributed by atoms with Gasteiger partial charge in [-0.15, -0.1) is 0 Å². The minimum atomic E-state index is -0.299. The molecule has 6 heteroatoms. The number of aromatic nitrogens is 3. The summed E-state index contributed by atoms with van der Waals surface area (Å²) in [6.07, 6.45) is 3.33. The number of nitrogens with zero attached hydrogens (tertiary/aromatic N) is 2.